The van der Waals surface area contributed by atoms with Gasteiger partial charge in [-0.1, -0.05) is 35.0 Å². The summed E-state index contributed by atoms with van der Waals surface area (Å²) in [7, 11) is 0. The van der Waals surface area contributed by atoms with Crippen LogP contribution in [0.3, 0.4) is 0 Å². The molecule has 2 N–H and O–H groups in total. The van der Waals surface area contributed by atoms with Crippen LogP contribution in [0.2, 0.25) is 10.3 Å². The molecule has 0 saturated carbocycles. The van der Waals surface area contributed by atoms with Crippen molar-refractivity contribution in [1.29, 1.82) is 0 Å². The van der Waals surface area contributed by atoms with Crippen LogP contribution >= 0.6 is 35.0 Å². The highest BCUT2D eigenvalue weighted by Crippen LogP contribution is 2.36. The van der Waals surface area contributed by atoms with Crippen LogP contribution in [0.5, 0.6) is 0 Å². The summed E-state index contributed by atoms with van der Waals surface area (Å²) >= 11 is 13.0. The molecule has 108 valence electrons. The molecule has 2 heterocycles. The molecule has 1 atom stereocenters. The van der Waals surface area contributed by atoms with Crippen LogP contribution in [0.1, 0.15) is 13.3 Å². The van der Waals surface area contributed by atoms with E-state index in [1.165, 1.54) is 29.7 Å². The molecule has 0 bridgehead atoms. The van der Waals surface area contributed by atoms with Crippen LogP contribution in [0.4, 0.5) is 11.4 Å². The quantitative estimate of drug-likeness (QED) is 0.860. The van der Waals surface area contributed by atoms with Gasteiger partial charge in [0.15, 0.2) is 10.3 Å². The Morgan fingerprint density at radius 1 is 1.60 bits per heavy atom. The molecule has 1 amide bonds. The molecule has 8 heteroatoms. The first-order chi connectivity index (χ1) is 9.38. The summed E-state index contributed by atoms with van der Waals surface area (Å²) in [5.41, 5.74) is 6.59. The molecule has 20 heavy (non-hydrogen) atoms. The number of hydrogen-bond donors (Lipinski definition) is 1. The molecular weight excluding hydrogens is 321 g/mol. The lowest BCUT2D eigenvalue weighted by Crippen LogP contribution is -2.26. The Kier molecular flexibility index (Phi) is 4.78. The Labute approximate surface area is 130 Å². The van der Waals surface area contributed by atoms with Gasteiger partial charge in [0, 0.05) is 31.7 Å². The van der Waals surface area contributed by atoms with Crippen molar-refractivity contribution in [2.75, 3.05) is 22.9 Å². The number of nitrogens with two attached hydrogens (primary N) is 1. The second-order valence-electron chi connectivity index (χ2n) is 4.55. The lowest BCUT2D eigenvalue weighted by atomic mass is 10.1. The number of halogens is 2. The Bertz CT molecular complexity index is 545. The highest BCUT2D eigenvalue weighted by molar-refractivity contribution is 8.13. The molecule has 1 saturated heterocycles. The van der Waals surface area contributed by atoms with Gasteiger partial charge in [-0.05, 0) is 5.92 Å². The summed E-state index contributed by atoms with van der Waals surface area (Å²) in [6.45, 7) is 1.99. The Morgan fingerprint density at radius 3 is 2.90 bits per heavy atom. The van der Waals surface area contributed by atoms with Crippen molar-refractivity contribution in [3.63, 3.8) is 0 Å². The summed E-state index contributed by atoms with van der Waals surface area (Å²) in [5.74, 6) is 0.634. The van der Waals surface area contributed by atoms with Crippen molar-refractivity contribution < 1.29 is 9.59 Å². The van der Waals surface area contributed by atoms with Crippen LogP contribution in [0.25, 0.3) is 0 Å². The van der Waals surface area contributed by atoms with E-state index in [2.05, 4.69) is 4.98 Å². The van der Waals surface area contributed by atoms with Gasteiger partial charge in [0.05, 0.1) is 5.69 Å². The number of amides is 1. The SMILES string of the molecule is CC(=O)SCC1CC(=O)N(c2c(N)cc(Cl)nc2Cl)C1. The average Bonchev–Trinajstić information content (AvgIpc) is 2.67. The van der Waals surface area contributed by atoms with Gasteiger partial charge in [-0.3, -0.25) is 9.59 Å². The molecule has 1 aromatic rings. The van der Waals surface area contributed by atoms with E-state index in [1.807, 2.05) is 0 Å². The number of anilines is 2. The van der Waals surface area contributed by atoms with Gasteiger partial charge >= 0.3 is 0 Å². The van der Waals surface area contributed by atoms with E-state index in [-0.39, 0.29) is 27.2 Å². The van der Waals surface area contributed by atoms with Crippen LogP contribution < -0.4 is 10.6 Å². The van der Waals surface area contributed by atoms with E-state index in [4.69, 9.17) is 28.9 Å². The summed E-state index contributed by atoms with van der Waals surface area (Å²) in [6.07, 6.45) is 0.374. The van der Waals surface area contributed by atoms with Gasteiger partial charge in [-0.2, -0.15) is 0 Å². The van der Waals surface area contributed by atoms with E-state index < -0.39 is 0 Å². The zero-order chi connectivity index (χ0) is 14.9. The molecule has 0 radical (unpaired) electrons. The third-order valence-corrected chi connectivity index (χ3v) is 4.45. The van der Waals surface area contributed by atoms with Crippen molar-refractivity contribution >= 4 is 57.4 Å². The number of nitrogens with zero attached hydrogens (tertiary/aromatic N) is 2. The van der Waals surface area contributed by atoms with Crippen molar-refractivity contribution in [2.45, 2.75) is 13.3 Å². The number of pyridine rings is 1. The summed E-state index contributed by atoms with van der Waals surface area (Å²) in [6, 6.07) is 1.47. The third-order valence-electron chi connectivity index (χ3n) is 2.95. The molecule has 0 spiro atoms. The lowest BCUT2D eigenvalue weighted by molar-refractivity contribution is -0.117. The van der Waals surface area contributed by atoms with Gasteiger partial charge in [-0.25, -0.2) is 4.98 Å². The fraction of sp³-hybridized carbons (Fsp3) is 0.417. The number of rotatable bonds is 3. The maximum absolute atomic E-state index is 12.1. The molecule has 1 aliphatic heterocycles. The minimum Gasteiger partial charge on any atom is -0.397 e. The third kappa shape index (κ3) is 3.37. The first-order valence-corrected chi connectivity index (χ1v) is 7.68. The first-order valence-electron chi connectivity index (χ1n) is 5.93. The van der Waals surface area contributed by atoms with Gasteiger partial charge in [0.25, 0.3) is 0 Å². The van der Waals surface area contributed by atoms with Crippen LogP contribution in [0.15, 0.2) is 6.07 Å². The summed E-state index contributed by atoms with van der Waals surface area (Å²) in [5, 5.41) is 0.344. The number of carbonyl (C=O) groups is 2. The number of thioether (sulfide) groups is 1. The zero-order valence-electron chi connectivity index (χ0n) is 10.7. The number of aromatic nitrogens is 1. The standard InChI is InChI=1S/C12H13Cl2N3O2S/c1-6(18)20-5-7-2-10(19)17(4-7)11-8(15)3-9(13)16-12(11)14/h3,7H,2,4-5H2,1H3,(H2,15,16). The molecule has 1 aromatic heterocycles. The van der Waals surface area contributed by atoms with Crippen molar-refractivity contribution in [3.8, 4) is 0 Å². The molecule has 1 aliphatic rings. The predicted molar refractivity (Wildman–Crippen MR) is 82.3 cm³/mol. The fourth-order valence-electron chi connectivity index (χ4n) is 2.11. The molecule has 2 rings (SSSR count). The van der Waals surface area contributed by atoms with E-state index in [9.17, 15) is 9.59 Å². The number of carbonyl (C=O) groups excluding carboxylic acids is 2. The smallest absolute Gasteiger partial charge is 0.227 e. The monoisotopic (exact) mass is 333 g/mol. The number of nitrogen functional groups attached to an aromatic ring is 1. The van der Waals surface area contributed by atoms with E-state index >= 15 is 0 Å². The van der Waals surface area contributed by atoms with Crippen molar-refractivity contribution in [1.82, 2.24) is 4.98 Å². The molecular formula is C12H13Cl2N3O2S. The van der Waals surface area contributed by atoms with Gasteiger partial charge in [0.1, 0.15) is 10.8 Å². The van der Waals surface area contributed by atoms with E-state index in [0.29, 0.717) is 30.1 Å². The van der Waals surface area contributed by atoms with Crippen molar-refractivity contribution in [3.05, 3.63) is 16.4 Å². The maximum atomic E-state index is 12.1. The Hall–Kier alpha value is -0.980. The van der Waals surface area contributed by atoms with Crippen LogP contribution in [0, 0.1) is 5.92 Å². The molecule has 1 fully saturated rings. The van der Waals surface area contributed by atoms with E-state index in [0.717, 1.165) is 0 Å². The maximum Gasteiger partial charge on any atom is 0.227 e. The van der Waals surface area contributed by atoms with Crippen LogP contribution in [-0.4, -0.2) is 28.3 Å². The second-order valence-corrected chi connectivity index (χ2v) is 6.49. The number of hydrogen-bond acceptors (Lipinski definition) is 5. The van der Waals surface area contributed by atoms with Gasteiger partial charge < -0.3 is 10.6 Å². The Balaban J connectivity index is 2.18. The van der Waals surface area contributed by atoms with Crippen molar-refractivity contribution in [2.24, 2.45) is 5.92 Å². The fourth-order valence-corrected chi connectivity index (χ4v) is 3.35. The minimum absolute atomic E-state index is 0.0432. The summed E-state index contributed by atoms with van der Waals surface area (Å²) in [4.78, 5) is 28.5. The van der Waals surface area contributed by atoms with Gasteiger partial charge in [-0.15, -0.1) is 0 Å². The lowest BCUT2D eigenvalue weighted by Gasteiger charge is -2.19. The van der Waals surface area contributed by atoms with Gasteiger partial charge in [0.2, 0.25) is 5.91 Å². The molecule has 0 aliphatic carbocycles. The highest BCUT2D eigenvalue weighted by Gasteiger charge is 2.33. The topological polar surface area (TPSA) is 76.3 Å². The zero-order valence-corrected chi connectivity index (χ0v) is 13.1. The Morgan fingerprint density at radius 2 is 2.30 bits per heavy atom. The van der Waals surface area contributed by atoms with Crippen LogP contribution in [-0.2, 0) is 9.59 Å². The second kappa shape index (κ2) is 6.20. The molecule has 1 unspecified atom stereocenters. The highest BCUT2D eigenvalue weighted by atomic mass is 35.5. The largest absolute Gasteiger partial charge is 0.397 e. The molecule has 0 aromatic carbocycles. The predicted octanol–water partition coefficient (Wildman–Crippen LogP) is 2.60. The molecule has 5 nitrogen and oxygen atoms in total. The average molecular weight is 334 g/mol. The normalized spacial score (nSPS) is 18.6. The van der Waals surface area contributed by atoms with E-state index in [1.54, 1.807) is 0 Å². The minimum atomic E-state index is -0.0723. The summed E-state index contributed by atoms with van der Waals surface area (Å²) < 4.78 is 0. The first kappa shape index (κ1) is 15.4.